The number of aliphatic carboxylic acids is 1. The number of fused-ring (bicyclic) bond motifs is 7. The van der Waals surface area contributed by atoms with Gasteiger partial charge in [0.1, 0.15) is 17.7 Å². The molecule has 0 aromatic carbocycles. The highest BCUT2D eigenvalue weighted by Crippen LogP contribution is 2.77. The summed E-state index contributed by atoms with van der Waals surface area (Å²) in [7, 11) is 0. The molecular weight excluding hydrogens is 819 g/mol. The molecule has 5 aliphatic carbocycles. The van der Waals surface area contributed by atoms with Crippen molar-refractivity contribution in [3.63, 3.8) is 0 Å². The number of carboxylic acid groups (broad SMARTS) is 1. The number of carbonyl (C=O) groups is 5. The van der Waals surface area contributed by atoms with Crippen molar-refractivity contribution in [2.24, 2.45) is 62.1 Å². The Balaban J connectivity index is 1.00. The number of hydrogen-bond acceptors (Lipinski definition) is 7. The molecule has 1 aliphatic heterocycles. The molecule has 3 amide bonds. The van der Waals surface area contributed by atoms with E-state index in [0.717, 1.165) is 109 Å². The number of amides is 3. The van der Waals surface area contributed by atoms with Crippen LogP contribution in [0, 0.1) is 62.1 Å². The van der Waals surface area contributed by atoms with Crippen LogP contribution in [0.1, 0.15) is 198 Å². The number of nitrogens with one attached hydrogen (secondary N) is 2. The Morgan fingerprint density at radius 1 is 0.738 bits per heavy atom. The molecule has 1 heterocycles. The van der Waals surface area contributed by atoms with Crippen LogP contribution in [0.4, 0.5) is 4.79 Å². The predicted molar refractivity (Wildman–Crippen MR) is 255 cm³/mol. The Kier molecular flexibility index (Phi) is 15.1. The molecule has 3 N–H and O–H groups in total. The van der Waals surface area contributed by atoms with Crippen LogP contribution >= 0.6 is 0 Å². The van der Waals surface area contributed by atoms with Crippen LogP contribution in [-0.4, -0.2) is 77.2 Å². The molecule has 5 saturated carbocycles. The zero-order chi connectivity index (χ0) is 48.0. The van der Waals surface area contributed by atoms with E-state index in [1.54, 1.807) is 18.7 Å². The summed E-state index contributed by atoms with van der Waals surface area (Å²) in [6.07, 6.45) is 17.2. The average Bonchev–Trinajstić information content (AvgIpc) is 3.86. The lowest BCUT2D eigenvalue weighted by molar-refractivity contribution is -0.249. The van der Waals surface area contributed by atoms with Crippen molar-refractivity contribution in [2.75, 3.05) is 19.6 Å². The van der Waals surface area contributed by atoms with Crippen LogP contribution < -0.4 is 10.6 Å². The summed E-state index contributed by atoms with van der Waals surface area (Å²) in [4.78, 5) is 66.7. The van der Waals surface area contributed by atoms with Gasteiger partial charge < -0.3 is 25.2 Å². The Morgan fingerprint density at radius 2 is 1.38 bits per heavy atom. The number of allylic oxidation sites excluding steroid dienone is 1. The van der Waals surface area contributed by atoms with Gasteiger partial charge in [-0.05, 0) is 177 Å². The Hall–Kier alpha value is -3.11. The van der Waals surface area contributed by atoms with Crippen LogP contribution in [0.2, 0.25) is 0 Å². The Labute approximate surface area is 392 Å². The molecule has 11 atom stereocenters. The third-order valence-corrected chi connectivity index (χ3v) is 19.3. The van der Waals surface area contributed by atoms with Crippen molar-refractivity contribution < 1.29 is 38.6 Å². The molecule has 0 radical (unpaired) electrons. The largest absolute Gasteiger partial charge is 0.481 e. The zero-order valence-electron chi connectivity index (χ0n) is 42.6. The number of nitrogens with zero attached hydrogens (tertiary/aromatic N) is 1. The van der Waals surface area contributed by atoms with E-state index in [2.05, 4.69) is 58.8 Å². The topological polar surface area (TPSA) is 151 Å². The molecule has 6 rings (SSSR count). The highest BCUT2D eigenvalue weighted by Gasteiger charge is 2.72. The van der Waals surface area contributed by atoms with Gasteiger partial charge in [0.2, 0.25) is 11.8 Å². The first-order valence-corrected chi connectivity index (χ1v) is 25.9. The van der Waals surface area contributed by atoms with Crippen molar-refractivity contribution >= 4 is 29.8 Å². The average molecular weight is 908 g/mol. The highest BCUT2D eigenvalue weighted by molar-refractivity contribution is 5.86. The van der Waals surface area contributed by atoms with Crippen LogP contribution in [0.5, 0.6) is 0 Å². The van der Waals surface area contributed by atoms with Crippen LogP contribution in [0.15, 0.2) is 12.2 Å². The van der Waals surface area contributed by atoms with Crippen molar-refractivity contribution in [1.82, 2.24) is 15.5 Å². The second-order valence-electron chi connectivity index (χ2n) is 25.0. The number of hydrogen-bond donors (Lipinski definition) is 3. The molecule has 6 fully saturated rings. The van der Waals surface area contributed by atoms with Gasteiger partial charge in [0.15, 0.2) is 0 Å². The van der Waals surface area contributed by atoms with Crippen molar-refractivity contribution in [3.05, 3.63) is 12.2 Å². The smallest absolute Gasteiger partial charge is 0.410 e. The standard InChI is InChI=1S/C54H89N3O8/c1-35(2)36-23-28-54(45(60)56-32-18-16-14-13-15-17-31-55-44(59)38-20-19-33-57(38)47(63)65-48(3,4)5)30-29-52(11)37(43(36)54)21-22-40-51(10)26-25-41(64-42(58)34-49(6,7)46(61)62)50(8,9)39(51)24-27-53(40,52)12/h36-41,43H,1,13-34H2,2-12H3,(H,55,59)(H,56,60)(H,61,62)/t36-,37+,38-,39-,40+,41-,43+,51-,52+,53+,54-/m0/s1. The van der Waals surface area contributed by atoms with E-state index in [-0.39, 0.29) is 51.4 Å². The van der Waals surface area contributed by atoms with Gasteiger partial charge in [-0.1, -0.05) is 72.5 Å². The second kappa shape index (κ2) is 19.1. The minimum atomic E-state index is -1.16. The first kappa shape index (κ1) is 51.3. The summed E-state index contributed by atoms with van der Waals surface area (Å²) in [5.74, 6) is 0.853. The van der Waals surface area contributed by atoms with Crippen molar-refractivity contribution in [1.29, 1.82) is 0 Å². The maximum atomic E-state index is 14.6. The predicted octanol–water partition coefficient (Wildman–Crippen LogP) is 11.0. The molecule has 0 unspecified atom stereocenters. The highest BCUT2D eigenvalue weighted by atomic mass is 16.6. The van der Waals surface area contributed by atoms with E-state index < -0.39 is 35.1 Å². The first-order chi connectivity index (χ1) is 30.2. The zero-order valence-corrected chi connectivity index (χ0v) is 42.6. The summed E-state index contributed by atoms with van der Waals surface area (Å²) < 4.78 is 11.7. The summed E-state index contributed by atoms with van der Waals surface area (Å²) >= 11 is 0. The number of ether oxygens (including phenoxy) is 2. The quantitative estimate of drug-likeness (QED) is 0.0787. The first-order valence-electron chi connectivity index (χ1n) is 25.9. The second-order valence-corrected chi connectivity index (χ2v) is 25.0. The van der Waals surface area contributed by atoms with Crippen molar-refractivity contribution in [2.45, 2.75) is 216 Å². The lowest BCUT2D eigenvalue weighted by atomic mass is 9.32. The number of esters is 1. The number of carbonyl (C=O) groups excluding carboxylic acids is 4. The SMILES string of the molecule is C=C(C)[C@@H]1CC[C@]2(C(=O)NCCCCCCCCNC(=O)[C@@H]3CCCN3C(=O)OC(C)(C)C)CC[C@]3(C)[C@H](CC[C@@H]4[C@@]5(C)CC[C@H](OC(=O)CC(C)(C)C(=O)O)C(C)(C)[C@@H]5CC[C@]43C)[C@@H]12. The molecule has 0 bridgehead atoms. The Bertz CT molecular complexity index is 1800. The van der Waals surface area contributed by atoms with Crippen LogP contribution in [0.3, 0.4) is 0 Å². The van der Waals surface area contributed by atoms with Gasteiger partial charge in [0.05, 0.1) is 17.3 Å². The molecule has 0 aromatic heterocycles. The van der Waals surface area contributed by atoms with Gasteiger partial charge in [-0.3, -0.25) is 24.1 Å². The summed E-state index contributed by atoms with van der Waals surface area (Å²) in [5.41, 5.74) is -0.760. The molecule has 368 valence electrons. The number of carboxylic acids is 1. The number of unbranched alkanes of at least 4 members (excludes halogenated alkanes) is 5. The van der Waals surface area contributed by atoms with E-state index in [4.69, 9.17) is 9.47 Å². The summed E-state index contributed by atoms with van der Waals surface area (Å²) in [6.45, 7) is 29.7. The molecule has 0 spiro atoms. The van der Waals surface area contributed by atoms with Gasteiger partial charge in [-0.15, -0.1) is 0 Å². The Morgan fingerprint density at radius 3 is 2.02 bits per heavy atom. The third-order valence-electron chi connectivity index (χ3n) is 19.3. The van der Waals surface area contributed by atoms with Gasteiger partial charge in [-0.25, -0.2) is 4.79 Å². The number of rotatable bonds is 16. The minimum absolute atomic E-state index is 0.0868. The van der Waals surface area contributed by atoms with E-state index in [1.165, 1.54) is 5.57 Å². The van der Waals surface area contributed by atoms with E-state index in [0.29, 0.717) is 55.6 Å². The molecule has 11 heteroatoms. The van der Waals surface area contributed by atoms with Gasteiger partial charge in [0.25, 0.3) is 0 Å². The normalized spacial score (nSPS) is 36.3. The molecule has 6 aliphatic rings. The van der Waals surface area contributed by atoms with Gasteiger partial charge in [-0.2, -0.15) is 0 Å². The lowest BCUT2D eigenvalue weighted by Gasteiger charge is -2.72. The van der Waals surface area contributed by atoms with Crippen LogP contribution in [0.25, 0.3) is 0 Å². The monoisotopic (exact) mass is 908 g/mol. The van der Waals surface area contributed by atoms with Crippen LogP contribution in [-0.2, 0) is 28.7 Å². The molecule has 11 nitrogen and oxygen atoms in total. The van der Waals surface area contributed by atoms with E-state index >= 15 is 0 Å². The minimum Gasteiger partial charge on any atom is -0.481 e. The fourth-order valence-corrected chi connectivity index (χ4v) is 15.6. The van der Waals surface area contributed by atoms with E-state index in [1.807, 2.05) is 20.8 Å². The molecule has 65 heavy (non-hydrogen) atoms. The maximum absolute atomic E-state index is 14.6. The molecular formula is C54H89N3O8. The maximum Gasteiger partial charge on any atom is 0.410 e. The molecule has 0 aromatic rings. The fraction of sp³-hybridized carbons (Fsp3) is 0.870. The van der Waals surface area contributed by atoms with E-state index in [9.17, 15) is 29.1 Å². The number of likely N-dealkylation sites (tertiary alicyclic amines) is 1. The summed E-state index contributed by atoms with van der Waals surface area (Å²) in [5, 5.41) is 16.2. The summed E-state index contributed by atoms with van der Waals surface area (Å²) in [6, 6.07) is -0.453. The van der Waals surface area contributed by atoms with Gasteiger partial charge in [0, 0.05) is 25.0 Å². The molecule has 1 saturated heterocycles. The third kappa shape index (κ3) is 9.79. The lowest BCUT2D eigenvalue weighted by Crippen LogP contribution is -2.67. The van der Waals surface area contributed by atoms with Gasteiger partial charge >= 0.3 is 18.0 Å². The van der Waals surface area contributed by atoms with Crippen molar-refractivity contribution in [3.8, 4) is 0 Å². The fourth-order valence-electron chi connectivity index (χ4n) is 15.6.